The second-order valence-corrected chi connectivity index (χ2v) is 1.96. The maximum Gasteiger partial charge on any atom is 0.0827 e. The Morgan fingerprint density at radius 3 is 2.71 bits per heavy atom. The highest BCUT2D eigenvalue weighted by atomic mass is 35.5. The Balaban J connectivity index is 2.69. The number of nitrogens with zero attached hydrogens (tertiary/aromatic N) is 1. The van der Waals surface area contributed by atoms with Crippen molar-refractivity contribution >= 4 is 17.8 Å². The molecule has 7 heavy (non-hydrogen) atoms. The SMILES string of the molecule is CC1N=CC=C1Cl. The van der Waals surface area contributed by atoms with Crippen LogP contribution in [0, 0.1) is 0 Å². The first-order valence-electron chi connectivity index (χ1n) is 2.19. The van der Waals surface area contributed by atoms with Crippen molar-refractivity contribution in [3.8, 4) is 0 Å². The van der Waals surface area contributed by atoms with E-state index in [0.29, 0.717) is 0 Å². The fourth-order valence-corrected chi connectivity index (χ4v) is 0.566. The summed E-state index contributed by atoms with van der Waals surface area (Å²) in [6, 6.07) is 0.210. The Bertz CT molecular complexity index is 126. The van der Waals surface area contributed by atoms with Crippen molar-refractivity contribution < 1.29 is 0 Å². The van der Waals surface area contributed by atoms with Crippen molar-refractivity contribution in [1.29, 1.82) is 0 Å². The van der Waals surface area contributed by atoms with Gasteiger partial charge in [-0.1, -0.05) is 11.6 Å². The zero-order valence-corrected chi connectivity index (χ0v) is 4.81. The lowest BCUT2D eigenvalue weighted by Gasteiger charge is -1.93. The van der Waals surface area contributed by atoms with Gasteiger partial charge in [-0.3, -0.25) is 4.99 Å². The fraction of sp³-hybridized carbons (Fsp3) is 0.400. The summed E-state index contributed by atoms with van der Waals surface area (Å²) in [6.45, 7) is 1.96. The van der Waals surface area contributed by atoms with Crippen LogP contribution in [0.4, 0.5) is 0 Å². The Kier molecular flexibility index (Phi) is 1.15. The van der Waals surface area contributed by atoms with Gasteiger partial charge in [-0.25, -0.2) is 0 Å². The van der Waals surface area contributed by atoms with Gasteiger partial charge >= 0.3 is 0 Å². The van der Waals surface area contributed by atoms with Crippen LogP contribution in [0.1, 0.15) is 6.92 Å². The van der Waals surface area contributed by atoms with Gasteiger partial charge in [0, 0.05) is 11.2 Å². The minimum absolute atomic E-state index is 0.210. The van der Waals surface area contributed by atoms with E-state index in [2.05, 4.69) is 4.99 Å². The molecule has 38 valence electrons. The molecule has 1 nitrogen and oxygen atoms in total. The van der Waals surface area contributed by atoms with Gasteiger partial charge < -0.3 is 0 Å². The number of hydrogen-bond donors (Lipinski definition) is 0. The van der Waals surface area contributed by atoms with E-state index in [4.69, 9.17) is 11.6 Å². The summed E-state index contributed by atoms with van der Waals surface area (Å²) in [5, 5.41) is 0.833. The van der Waals surface area contributed by atoms with Crippen molar-refractivity contribution in [3.63, 3.8) is 0 Å². The van der Waals surface area contributed by atoms with Gasteiger partial charge in [0.1, 0.15) is 0 Å². The van der Waals surface area contributed by atoms with Gasteiger partial charge in [0.05, 0.1) is 6.04 Å². The Labute approximate surface area is 47.7 Å². The first-order chi connectivity index (χ1) is 3.30. The van der Waals surface area contributed by atoms with Crippen LogP contribution in [0.3, 0.4) is 0 Å². The van der Waals surface area contributed by atoms with Gasteiger partial charge in [-0.2, -0.15) is 0 Å². The molecule has 0 fully saturated rings. The Morgan fingerprint density at radius 1 is 1.86 bits per heavy atom. The van der Waals surface area contributed by atoms with Crippen LogP contribution in [0.5, 0.6) is 0 Å². The van der Waals surface area contributed by atoms with Crippen molar-refractivity contribution in [1.82, 2.24) is 0 Å². The lowest BCUT2D eigenvalue weighted by molar-refractivity contribution is 0.933. The predicted octanol–water partition coefficient (Wildman–Crippen LogP) is 1.58. The molecule has 0 aromatic rings. The number of hydrogen-bond acceptors (Lipinski definition) is 1. The van der Waals surface area contributed by atoms with Gasteiger partial charge in [-0.05, 0) is 13.0 Å². The molecule has 0 radical (unpaired) electrons. The minimum atomic E-state index is 0.210. The molecule has 0 bridgehead atoms. The second kappa shape index (κ2) is 1.66. The van der Waals surface area contributed by atoms with Crippen molar-refractivity contribution in [2.24, 2.45) is 4.99 Å². The van der Waals surface area contributed by atoms with E-state index in [0.717, 1.165) is 5.03 Å². The summed E-state index contributed by atoms with van der Waals surface area (Å²) in [7, 11) is 0. The molecule has 0 aromatic heterocycles. The highest BCUT2D eigenvalue weighted by Gasteiger charge is 2.04. The third kappa shape index (κ3) is 0.829. The number of aliphatic imine (C=N–C) groups is 1. The molecule has 0 N–H and O–H groups in total. The Morgan fingerprint density at radius 2 is 2.57 bits per heavy atom. The summed E-state index contributed by atoms with van der Waals surface area (Å²) in [6.07, 6.45) is 3.54. The average molecular weight is 116 g/mol. The summed E-state index contributed by atoms with van der Waals surface area (Å²) >= 11 is 5.60. The maximum absolute atomic E-state index is 5.60. The van der Waals surface area contributed by atoms with Gasteiger partial charge in [0.25, 0.3) is 0 Å². The molecule has 1 unspecified atom stereocenters. The highest BCUT2D eigenvalue weighted by molar-refractivity contribution is 6.31. The fourth-order valence-electron chi connectivity index (χ4n) is 0.454. The number of allylic oxidation sites excluding steroid dienone is 1. The molecule has 0 saturated heterocycles. The lowest BCUT2D eigenvalue weighted by atomic mass is 10.4. The normalized spacial score (nSPS) is 28.3. The van der Waals surface area contributed by atoms with E-state index in [9.17, 15) is 0 Å². The molecule has 1 aliphatic rings. The third-order valence-electron chi connectivity index (χ3n) is 0.943. The second-order valence-electron chi connectivity index (χ2n) is 1.53. The molecule has 1 aliphatic heterocycles. The van der Waals surface area contributed by atoms with Gasteiger partial charge in [0.2, 0.25) is 0 Å². The van der Waals surface area contributed by atoms with Crippen LogP contribution in [0.2, 0.25) is 0 Å². The van der Waals surface area contributed by atoms with E-state index in [1.165, 1.54) is 0 Å². The zero-order valence-electron chi connectivity index (χ0n) is 4.06. The van der Waals surface area contributed by atoms with Crippen LogP contribution in [-0.2, 0) is 0 Å². The van der Waals surface area contributed by atoms with Crippen LogP contribution in [-0.4, -0.2) is 12.3 Å². The first-order valence-corrected chi connectivity index (χ1v) is 2.57. The summed E-state index contributed by atoms with van der Waals surface area (Å²) < 4.78 is 0. The molecule has 0 spiro atoms. The molecule has 0 saturated carbocycles. The molecule has 1 heterocycles. The van der Waals surface area contributed by atoms with E-state index in [1.54, 1.807) is 6.21 Å². The molecule has 0 aromatic carbocycles. The van der Waals surface area contributed by atoms with Crippen LogP contribution in [0.25, 0.3) is 0 Å². The topological polar surface area (TPSA) is 12.4 Å². The zero-order chi connectivity index (χ0) is 5.28. The van der Waals surface area contributed by atoms with Crippen LogP contribution < -0.4 is 0 Å². The monoisotopic (exact) mass is 115 g/mol. The first kappa shape index (κ1) is 4.85. The van der Waals surface area contributed by atoms with Crippen LogP contribution >= 0.6 is 11.6 Å². The average Bonchev–Trinajstić information content (AvgIpc) is 1.91. The lowest BCUT2D eigenvalue weighted by Crippen LogP contribution is -1.89. The number of halogens is 1. The van der Waals surface area contributed by atoms with E-state index in [1.807, 2.05) is 13.0 Å². The van der Waals surface area contributed by atoms with Crippen molar-refractivity contribution in [2.45, 2.75) is 13.0 Å². The van der Waals surface area contributed by atoms with Gasteiger partial charge in [0.15, 0.2) is 0 Å². The van der Waals surface area contributed by atoms with Crippen molar-refractivity contribution in [2.75, 3.05) is 0 Å². The van der Waals surface area contributed by atoms with E-state index >= 15 is 0 Å². The maximum atomic E-state index is 5.60. The quantitative estimate of drug-likeness (QED) is 0.455. The third-order valence-corrected chi connectivity index (χ3v) is 1.38. The molecule has 1 rings (SSSR count). The minimum Gasteiger partial charge on any atom is -0.284 e. The standard InChI is InChI=1S/C5H6ClN/c1-4-5(6)2-3-7-4/h2-4H,1H3. The summed E-state index contributed by atoms with van der Waals surface area (Å²) in [4.78, 5) is 3.97. The summed E-state index contributed by atoms with van der Waals surface area (Å²) in [5.41, 5.74) is 0. The smallest absolute Gasteiger partial charge is 0.0827 e. The highest BCUT2D eigenvalue weighted by Crippen LogP contribution is 2.13. The Hall–Kier alpha value is -0.300. The molecule has 1 atom stereocenters. The largest absolute Gasteiger partial charge is 0.284 e. The van der Waals surface area contributed by atoms with E-state index in [-0.39, 0.29) is 6.04 Å². The van der Waals surface area contributed by atoms with E-state index < -0.39 is 0 Å². The molecule has 0 amide bonds. The van der Waals surface area contributed by atoms with Crippen molar-refractivity contribution in [3.05, 3.63) is 11.1 Å². The van der Waals surface area contributed by atoms with Gasteiger partial charge in [-0.15, -0.1) is 0 Å². The molecular formula is C5H6ClN. The summed E-state index contributed by atoms with van der Waals surface area (Å²) in [5.74, 6) is 0. The number of rotatable bonds is 0. The molecular weight excluding hydrogens is 110 g/mol. The molecule has 2 heteroatoms. The van der Waals surface area contributed by atoms with Crippen LogP contribution in [0.15, 0.2) is 16.1 Å². The predicted molar refractivity (Wildman–Crippen MR) is 31.9 cm³/mol. The molecule has 0 aliphatic carbocycles.